The van der Waals surface area contributed by atoms with E-state index in [2.05, 4.69) is 26.5 Å². The molecule has 3 nitrogen and oxygen atoms in total. The zero-order valence-corrected chi connectivity index (χ0v) is 11.2. The first-order valence-corrected chi connectivity index (χ1v) is 5.78. The van der Waals surface area contributed by atoms with Gasteiger partial charge in [-0.25, -0.2) is 5.43 Å². The summed E-state index contributed by atoms with van der Waals surface area (Å²) in [5.74, 6) is -0.201. The second kappa shape index (κ2) is 5.25. The Kier molecular flexibility index (Phi) is 4.24. The van der Waals surface area contributed by atoms with Crippen molar-refractivity contribution in [3.05, 3.63) is 34.3 Å². The summed E-state index contributed by atoms with van der Waals surface area (Å²) < 4.78 is 0.947. The molecule has 0 unspecified atom stereocenters. The molecule has 4 heteroatoms. The van der Waals surface area contributed by atoms with Crippen molar-refractivity contribution >= 4 is 28.1 Å². The van der Waals surface area contributed by atoms with Crippen molar-refractivity contribution in [2.24, 2.45) is 10.5 Å². The van der Waals surface area contributed by atoms with Crippen molar-refractivity contribution in [2.75, 3.05) is 0 Å². The highest BCUT2D eigenvalue weighted by Gasteiger charge is 2.06. The zero-order valence-electron chi connectivity index (χ0n) is 9.62. The van der Waals surface area contributed by atoms with Gasteiger partial charge in [-0.3, -0.25) is 4.79 Å². The van der Waals surface area contributed by atoms with Crippen LogP contribution in [0.25, 0.3) is 0 Å². The molecule has 0 atom stereocenters. The molecule has 1 amide bonds. The molecule has 0 aliphatic rings. The minimum Gasteiger partial charge on any atom is -0.267 e. The fourth-order valence-corrected chi connectivity index (χ4v) is 1.21. The van der Waals surface area contributed by atoms with Crippen molar-refractivity contribution in [3.8, 4) is 0 Å². The molecule has 0 aliphatic carbocycles. The number of benzene rings is 1. The molecule has 0 aliphatic heterocycles. The van der Waals surface area contributed by atoms with Crippen LogP contribution < -0.4 is 5.43 Å². The van der Waals surface area contributed by atoms with Gasteiger partial charge >= 0.3 is 0 Å². The lowest BCUT2D eigenvalue weighted by atomic mass is 9.99. The molecule has 86 valence electrons. The lowest BCUT2D eigenvalue weighted by Crippen LogP contribution is -2.19. The molecule has 0 fully saturated rings. The van der Waals surface area contributed by atoms with Crippen LogP contribution in [0.2, 0.25) is 0 Å². The van der Waals surface area contributed by atoms with E-state index < -0.39 is 0 Å². The summed E-state index contributed by atoms with van der Waals surface area (Å²) in [6, 6.07) is 7.13. The average molecular weight is 283 g/mol. The highest BCUT2D eigenvalue weighted by molar-refractivity contribution is 9.10. The quantitative estimate of drug-likeness (QED) is 0.657. The van der Waals surface area contributed by atoms with Crippen LogP contribution in [0.4, 0.5) is 0 Å². The summed E-state index contributed by atoms with van der Waals surface area (Å²) in [6.07, 6.45) is 1.71. The Morgan fingerprint density at radius 2 is 1.88 bits per heavy atom. The molecule has 1 rings (SSSR count). The second-order valence-electron chi connectivity index (χ2n) is 4.57. The third kappa shape index (κ3) is 4.57. The monoisotopic (exact) mass is 282 g/mol. The van der Waals surface area contributed by atoms with Gasteiger partial charge < -0.3 is 0 Å². The SMILES string of the molecule is CC(C)(C)/C=N\NC(=O)c1ccc(Br)cc1. The Hall–Kier alpha value is -1.16. The summed E-state index contributed by atoms with van der Waals surface area (Å²) in [4.78, 5) is 11.6. The highest BCUT2D eigenvalue weighted by Crippen LogP contribution is 2.10. The minimum absolute atomic E-state index is 0.0347. The van der Waals surface area contributed by atoms with Crippen molar-refractivity contribution in [3.63, 3.8) is 0 Å². The Morgan fingerprint density at radius 3 is 2.38 bits per heavy atom. The molecule has 0 bridgehead atoms. The molecule has 0 radical (unpaired) electrons. The van der Waals surface area contributed by atoms with Gasteiger partial charge in [-0.05, 0) is 29.7 Å². The van der Waals surface area contributed by atoms with Crippen molar-refractivity contribution in [2.45, 2.75) is 20.8 Å². The topological polar surface area (TPSA) is 41.5 Å². The maximum Gasteiger partial charge on any atom is 0.271 e. The fourth-order valence-electron chi connectivity index (χ4n) is 0.950. The predicted octanol–water partition coefficient (Wildman–Crippen LogP) is 3.21. The Morgan fingerprint density at radius 1 is 1.31 bits per heavy atom. The van der Waals surface area contributed by atoms with Crippen molar-refractivity contribution in [1.82, 2.24) is 5.43 Å². The van der Waals surface area contributed by atoms with Gasteiger partial charge in [0.25, 0.3) is 5.91 Å². The van der Waals surface area contributed by atoms with E-state index >= 15 is 0 Å². The van der Waals surface area contributed by atoms with E-state index in [4.69, 9.17) is 0 Å². The van der Waals surface area contributed by atoms with Gasteiger partial charge in [0.2, 0.25) is 0 Å². The van der Waals surface area contributed by atoms with E-state index in [1.165, 1.54) is 0 Å². The van der Waals surface area contributed by atoms with Crippen LogP contribution in [-0.2, 0) is 0 Å². The summed E-state index contributed by atoms with van der Waals surface area (Å²) in [5, 5.41) is 3.91. The Bertz CT molecular complexity index is 390. The zero-order chi connectivity index (χ0) is 12.2. The number of nitrogens with zero attached hydrogens (tertiary/aromatic N) is 1. The number of nitrogens with one attached hydrogen (secondary N) is 1. The van der Waals surface area contributed by atoms with Gasteiger partial charge in [0.15, 0.2) is 0 Å². The van der Waals surface area contributed by atoms with Crippen LogP contribution in [0.5, 0.6) is 0 Å². The largest absolute Gasteiger partial charge is 0.271 e. The number of rotatable bonds is 2. The van der Waals surface area contributed by atoms with Crippen LogP contribution >= 0.6 is 15.9 Å². The Labute approximate surface area is 104 Å². The number of carbonyl (C=O) groups is 1. The van der Waals surface area contributed by atoms with Crippen molar-refractivity contribution in [1.29, 1.82) is 0 Å². The molecule has 1 aromatic carbocycles. The molecule has 0 aromatic heterocycles. The number of halogens is 1. The first-order valence-electron chi connectivity index (χ1n) is 4.98. The normalized spacial score (nSPS) is 11.8. The number of carbonyl (C=O) groups excluding carboxylic acids is 1. The molecule has 0 saturated carbocycles. The third-order valence-corrected chi connectivity index (χ3v) is 2.25. The van der Waals surface area contributed by atoms with Gasteiger partial charge in [0, 0.05) is 16.3 Å². The van der Waals surface area contributed by atoms with E-state index in [0.717, 1.165) is 4.47 Å². The standard InChI is InChI=1S/C12H15BrN2O/c1-12(2,3)8-14-15-11(16)9-4-6-10(13)7-5-9/h4-8H,1-3H3,(H,15,16)/b14-8-. The lowest BCUT2D eigenvalue weighted by Gasteiger charge is -2.09. The highest BCUT2D eigenvalue weighted by atomic mass is 79.9. The van der Waals surface area contributed by atoms with E-state index in [-0.39, 0.29) is 11.3 Å². The van der Waals surface area contributed by atoms with Crippen LogP contribution in [0.3, 0.4) is 0 Å². The molecular formula is C12H15BrN2O. The van der Waals surface area contributed by atoms with Crippen LogP contribution in [0.15, 0.2) is 33.8 Å². The summed E-state index contributed by atoms with van der Waals surface area (Å²) in [5.41, 5.74) is 3.05. The van der Waals surface area contributed by atoms with E-state index in [0.29, 0.717) is 5.56 Å². The van der Waals surface area contributed by atoms with Crippen LogP contribution in [0.1, 0.15) is 31.1 Å². The lowest BCUT2D eigenvalue weighted by molar-refractivity contribution is 0.0955. The van der Waals surface area contributed by atoms with Gasteiger partial charge in [-0.2, -0.15) is 5.10 Å². The number of hydrogen-bond acceptors (Lipinski definition) is 2. The number of hydrogen-bond donors (Lipinski definition) is 1. The number of amides is 1. The van der Waals surface area contributed by atoms with E-state index in [9.17, 15) is 4.79 Å². The van der Waals surface area contributed by atoms with Gasteiger partial charge in [0.1, 0.15) is 0 Å². The summed E-state index contributed by atoms with van der Waals surface area (Å²) in [6.45, 7) is 6.05. The van der Waals surface area contributed by atoms with Crippen LogP contribution in [-0.4, -0.2) is 12.1 Å². The molecule has 1 N–H and O–H groups in total. The maximum absolute atomic E-state index is 11.6. The first-order chi connectivity index (χ1) is 7.38. The van der Waals surface area contributed by atoms with E-state index in [1.54, 1.807) is 18.3 Å². The molecule has 0 spiro atoms. The van der Waals surface area contributed by atoms with Gasteiger partial charge in [-0.15, -0.1) is 0 Å². The maximum atomic E-state index is 11.6. The minimum atomic E-state index is -0.201. The van der Waals surface area contributed by atoms with Crippen LogP contribution in [0, 0.1) is 5.41 Å². The average Bonchev–Trinajstić information content (AvgIpc) is 2.16. The summed E-state index contributed by atoms with van der Waals surface area (Å²) in [7, 11) is 0. The van der Waals surface area contributed by atoms with Gasteiger partial charge in [0.05, 0.1) is 0 Å². The first kappa shape index (κ1) is 12.9. The summed E-state index contributed by atoms with van der Waals surface area (Å²) >= 11 is 3.31. The molecular weight excluding hydrogens is 268 g/mol. The van der Waals surface area contributed by atoms with Crippen molar-refractivity contribution < 1.29 is 4.79 Å². The second-order valence-corrected chi connectivity index (χ2v) is 5.49. The molecule has 16 heavy (non-hydrogen) atoms. The molecule has 0 heterocycles. The molecule has 0 saturated heterocycles. The Balaban J connectivity index is 2.60. The third-order valence-electron chi connectivity index (χ3n) is 1.72. The predicted molar refractivity (Wildman–Crippen MR) is 69.6 cm³/mol. The van der Waals surface area contributed by atoms with Gasteiger partial charge in [-0.1, -0.05) is 36.7 Å². The molecule has 1 aromatic rings. The smallest absolute Gasteiger partial charge is 0.267 e. The number of hydrazone groups is 1. The van der Waals surface area contributed by atoms with E-state index in [1.807, 2.05) is 32.9 Å². The fraction of sp³-hybridized carbons (Fsp3) is 0.333.